The molecular weight excluding hydrogens is 257 g/mol. The molecule has 2 aromatic rings. The number of aryl methyl sites for hydroxylation is 1. The van der Waals surface area contributed by atoms with Gasteiger partial charge in [-0.3, -0.25) is 0 Å². The maximum atomic E-state index is 13.1. The van der Waals surface area contributed by atoms with Gasteiger partial charge in [0, 0.05) is 17.9 Å². The zero-order valence-corrected chi connectivity index (χ0v) is 10.9. The number of nitrogen functional groups attached to an aromatic ring is 1. The van der Waals surface area contributed by atoms with Gasteiger partial charge in [-0.25, -0.2) is 9.37 Å². The molecule has 0 atom stereocenters. The van der Waals surface area contributed by atoms with Crippen LogP contribution >= 0.6 is 23.3 Å². The first-order valence-electron chi connectivity index (χ1n) is 5.17. The maximum absolute atomic E-state index is 13.1. The molecule has 1 aromatic carbocycles. The molecule has 0 radical (unpaired) electrons. The number of nitrogens with zero attached hydrogens (tertiary/aromatic N) is 2. The van der Waals surface area contributed by atoms with Gasteiger partial charge in [0.1, 0.15) is 11.6 Å². The molecule has 0 saturated heterocycles. The number of aromatic nitrogens is 2. The average Bonchev–Trinajstić information content (AvgIpc) is 2.73. The number of hydrogen-bond donors (Lipinski definition) is 1. The molecule has 0 aliphatic rings. The van der Waals surface area contributed by atoms with Gasteiger partial charge in [-0.15, -0.1) is 0 Å². The Morgan fingerprint density at radius 2 is 2.24 bits per heavy atom. The molecule has 6 heteroatoms. The molecule has 0 unspecified atom stereocenters. The van der Waals surface area contributed by atoms with E-state index in [4.69, 9.17) is 5.73 Å². The number of thioether (sulfide) groups is 1. The number of anilines is 1. The lowest BCUT2D eigenvalue weighted by Gasteiger charge is -2.01. The van der Waals surface area contributed by atoms with Crippen LogP contribution in [-0.4, -0.2) is 9.36 Å². The minimum atomic E-state index is -0.299. The van der Waals surface area contributed by atoms with Crippen molar-refractivity contribution in [2.75, 3.05) is 5.73 Å². The molecule has 2 rings (SSSR count). The van der Waals surface area contributed by atoms with Crippen LogP contribution in [-0.2, 0) is 12.2 Å². The maximum Gasteiger partial charge on any atom is 0.170 e. The molecule has 0 amide bonds. The Morgan fingerprint density at radius 3 is 2.88 bits per heavy atom. The fourth-order valence-electron chi connectivity index (χ4n) is 1.34. The van der Waals surface area contributed by atoms with Crippen molar-refractivity contribution < 1.29 is 4.39 Å². The predicted octanol–water partition coefficient (Wildman–Crippen LogP) is 3.11. The van der Waals surface area contributed by atoms with Crippen molar-refractivity contribution in [3.63, 3.8) is 0 Å². The van der Waals surface area contributed by atoms with Gasteiger partial charge < -0.3 is 5.73 Å². The smallest absolute Gasteiger partial charge is 0.170 e. The van der Waals surface area contributed by atoms with E-state index in [9.17, 15) is 4.39 Å². The van der Waals surface area contributed by atoms with E-state index < -0.39 is 0 Å². The van der Waals surface area contributed by atoms with E-state index in [1.807, 2.05) is 6.92 Å². The lowest BCUT2D eigenvalue weighted by Crippen LogP contribution is -1.90. The van der Waals surface area contributed by atoms with Gasteiger partial charge >= 0.3 is 0 Å². The highest BCUT2D eigenvalue weighted by Crippen LogP contribution is 2.25. The number of nitrogens with two attached hydrogens (primary N) is 1. The van der Waals surface area contributed by atoms with Crippen LogP contribution in [0.5, 0.6) is 0 Å². The Kier molecular flexibility index (Phi) is 3.96. The van der Waals surface area contributed by atoms with Gasteiger partial charge in [-0.1, -0.05) is 18.7 Å². The normalized spacial score (nSPS) is 10.7. The highest BCUT2D eigenvalue weighted by atomic mass is 32.2. The third-order valence-electron chi connectivity index (χ3n) is 2.11. The molecule has 0 fully saturated rings. The summed E-state index contributed by atoms with van der Waals surface area (Å²) in [5.74, 6) is 1.21. The highest BCUT2D eigenvalue weighted by molar-refractivity contribution is 8.00. The SMILES string of the molecule is CCc1nsc(SCc2cc(N)cc(F)c2)n1. The van der Waals surface area contributed by atoms with Gasteiger partial charge in [-0.05, 0) is 35.3 Å². The molecule has 0 saturated carbocycles. The van der Waals surface area contributed by atoms with Crippen molar-refractivity contribution in [3.05, 3.63) is 35.4 Å². The summed E-state index contributed by atoms with van der Waals surface area (Å²) in [4.78, 5) is 4.33. The van der Waals surface area contributed by atoms with Crippen LogP contribution < -0.4 is 5.73 Å². The Hall–Kier alpha value is -1.14. The lowest BCUT2D eigenvalue weighted by molar-refractivity contribution is 0.627. The predicted molar refractivity (Wildman–Crippen MR) is 69.7 cm³/mol. The summed E-state index contributed by atoms with van der Waals surface area (Å²) >= 11 is 2.93. The second kappa shape index (κ2) is 5.46. The van der Waals surface area contributed by atoms with Crippen molar-refractivity contribution in [2.45, 2.75) is 23.4 Å². The van der Waals surface area contributed by atoms with Gasteiger partial charge in [-0.2, -0.15) is 4.37 Å². The second-order valence-corrected chi connectivity index (χ2v) is 5.49. The summed E-state index contributed by atoms with van der Waals surface area (Å²) in [6.45, 7) is 2.02. The van der Waals surface area contributed by atoms with E-state index in [1.165, 1.54) is 23.7 Å². The quantitative estimate of drug-likeness (QED) is 0.684. The van der Waals surface area contributed by atoms with Gasteiger partial charge in [0.05, 0.1) is 0 Å². The van der Waals surface area contributed by atoms with Crippen LogP contribution in [0.2, 0.25) is 0 Å². The van der Waals surface area contributed by atoms with Crippen molar-refractivity contribution in [1.82, 2.24) is 9.36 Å². The van der Waals surface area contributed by atoms with Crippen LogP contribution in [0.25, 0.3) is 0 Å². The molecule has 1 heterocycles. The van der Waals surface area contributed by atoms with Crippen molar-refractivity contribution in [3.8, 4) is 0 Å². The molecule has 0 aliphatic heterocycles. The van der Waals surface area contributed by atoms with Crippen LogP contribution in [0.3, 0.4) is 0 Å². The second-order valence-electron chi connectivity index (χ2n) is 3.51. The lowest BCUT2D eigenvalue weighted by atomic mass is 10.2. The largest absolute Gasteiger partial charge is 0.399 e. The van der Waals surface area contributed by atoms with Gasteiger partial charge in [0.25, 0.3) is 0 Å². The number of rotatable bonds is 4. The van der Waals surface area contributed by atoms with Crippen molar-refractivity contribution in [2.24, 2.45) is 0 Å². The Balaban J connectivity index is 2.01. The first-order chi connectivity index (χ1) is 8.17. The summed E-state index contributed by atoms with van der Waals surface area (Å²) in [6.07, 6.45) is 0.837. The molecular formula is C11H12FN3S2. The van der Waals surface area contributed by atoms with Crippen molar-refractivity contribution >= 4 is 29.0 Å². The standard InChI is InChI=1S/C11H12FN3S2/c1-2-10-14-11(17-15-10)16-6-7-3-8(12)5-9(13)4-7/h3-5H,2,6,13H2,1H3. The zero-order chi connectivity index (χ0) is 12.3. The summed E-state index contributed by atoms with van der Waals surface area (Å²) in [7, 11) is 0. The van der Waals surface area contributed by atoms with E-state index in [0.717, 1.165) is 22.1 Å². The van der Waals surface area contributed by atoms with E-state index in [2.05, 4.69) is 9.36 Å². The topological polar surface area (TPSA) is 51.8 Å². The third kappa shape index (κ3) is 3.41. The highest BCUT2D eigenvalue weighted by Gasteiger charge is 2.04. The summed E-state index contributed by atoms with van der Waals surface area (Å²) in [6, 6.07) is 4.58. The fraction of sp³-hybridized carbons (Fsp3) is 0.273. The molecule has 0 aliphatic carbocycles. The van der Waals surface area contributed by atoms with Crippen LogP contribution in [0.4, 0.5) is 10.1 Å². The van der Waals surface area contributed by atoms with Crippen LogP contribution in [0, 0.1) is 5.82 Å². The van der Waals surface area contributed by atoms with E-state index in [1.54, 1.807) is 17.8 Å². The average molecular weight is 269 g/mol. The van der Waals surface area contributed by atoms with Crippen molar-refractivity contribution in [1.29, 1.82) is 0 Å². The fourth-order valence-corrected chi connectivity index (χ4v) is 2.97. The summed E-state index contributed by atoms with van der Waals surface area (Å²) in [5.41, 5.74) is 6.89. The Bertz CT molecular complexity index is 493. The molecule has 2 N–H and O–H groups in total. The first kappa shape index (κ1) is 12.3. The molecule has 0 spiro atoms. The van der Waals surface area contributed by atoms with Gasteiger partial charge in [0.15, 0.2) is 4.34 Å². The van der Waals surface area contributed by atoms with E-state index in [0.29, 0.717) is 11.4 Å². The number of halogens is 1. The minimum Gasteiger partial charge on any atom is -0.399 e. The zero-order valence-electron chi connectivity index (χ0n) is 9.31. The summed E-state index contributed by atoms with van der Waals surface area (Å²) < 4.78 is 18.2. The first-order valence-corrected chi connectivity index (χ1v) is 6.93. The molecule has 3 nitrogen and oxygen atoms in total. The number of hydrogen-bond acceptors (Lipinski definition) is 5. The van der Waals surface area contributed by atoms with E-state index in [-0.39, 0.29) is 5.82 Å². The van der Waals surface area contributed by atoms with Crippen LogP contribution in [0.1, 0.15) is 18.3 Å². The Morgan fingerprint density at radius 1 is 1.41 bits per heavy atom. The van der Waals surface area contributed by atoms with Gasteiger partial charge in [0.2, 0.25) is 0 Å². The molecule has 90 valence electrons. The van der Waals surface area contributed by atoms with Crippen LogP contribution in [0.15, 0.2) is 22.5 Å². The Labute approximate surface area is 107 Å². The number of benzene rings is 1. The molecule has 17 heavy (non-hydrogen) atoms. The minimum absolute atomic E-state index is 0.299. The third-order valence-corrected chi connectivity index (χ3v) is 4.05. The molecule has 1 aromatic heterocycles. The summed E-state index contributed by atoms with van der Waals surface area (Å²) in [5, 5.41) is 0. The van der Waals surface area contributed by atoms with E-state index >= 15 is 0 Å². The monoisotopic (exact) mass is 269 g/mol. The molecule has 0 bridgehead atoms.